The van der Waals surface area contributed by atoms with Crippen LogP contribution in [-0.4, -0.2) is 22.7 Å². The Morgan fingerprint density at radius 1 is 1.50 bits per heavy atom. The van der Waals surface area contributed by atoms with Crippen molar-refractivity contribution in [2.24, 2.45) is 0 Å². The molecule has 0 unspecified atom stereocenters. The van der Waals surface area contributed by atoms with Crippen molar-refractivity contribution in [2.45, 2.75) is 39.3 Å². The number of nitrogens with one attached hydrogen (secondary N) is 1. The highest BCUT2D eigenvalue weighted by atomic mass is 32.1. The van der Waals surface area contributed by atoms with Crippen LogP contribution in [0.3, 0.4) is 0 Å². The molecule has 0 saturated heterocycles. The van der Waals surface area contributed by atoms with Gasteiger partial charge >= 0.3 is 0 Å². The molecule has 0 spiro atoms. The highest BCUT2D eigenvalue weighted by Gasteiger charge is 2.06. The van der Waals surface area contributed by atoms with Crippen molar-refractivity contribution in [2.75, 3.05) is 6.61 Å². The minimum Gasteiger partial charge on any atom is -0.395 e. The molecule has 0 aliphatic rings. The van der Waals surface area contributed by atoms with E-state index in [0.717, 1.165) is 11.6 Å². The van der Waals surface area contributed by atoms with Crippen LogP contribution in [-0.2, 0) is 6.54 Å². The second-order valence-corrected chi connectivity index (χ2v) is 4.92. The molecule has 4 heteroatoms. The molecule has 14 heavy (non-hydrogen) atoms. The molecule has 80 valence electrons. The monoisotopic (exact) mass is 214 g/mol. The molecule has 0 fully saturated rings. The summed E-state index contributed by atoms with van der Waals surface area (Å²) in [7, 11) is 0. The fourth-order valence-electron chi connectivity index (χ4n) is 0.999. The van der Waals surface area contributed by atoms with Gasteiger partial charge in [-0.05, 0) is 12.8 Å². The maximum Gasteiger partial charge on any atom is 0.107 e. The maximum absolute atomic E-state index is 8.83. The van der Waals surface area contributed by atoms with Gasteiger partial charge in [-0.1, -0.05) is 13.8 Å². The van der Waals surface area contributed by atoms with E-state index in [1.165, 1.54) is 4.88 Å². The average molecular weight is 214 g/mol. The minimum atomic E-state index is 0.140. The summed E-state index contributed by atoms with van der Waals surface area (Å²) in [5, 5.41) is 13.1. The zero-order chi connectivity index (χ0) is 10.6. The average Bonchev–Trinajstić information content (AvgIpc) is 2.62. The van der Waals surface area contributed by atoms with Gasteiger partial charge in [0.2, 0.25) is 0 Å². The quantitative estimate of drug-likeness (QED) is 0.784. The van der Waals surface area contributed by atoms with E-state index < -0.39 is 0 Å². The van der Waals surface area contributed by atoms with Crippen molar-refractivity contribution >= 4 is 11.3 Å². The van der Waals surface area contributed by atoms with Gasteiger partial charge in [0.1, 0.15) is 5.01 Å². The Hall–Kier alpha value is -0.450. The third-order valence-electron chi connectivity index (χ3n) is 2.02. The Labute approximate surface area is 89.2 Å². The molecule has 1 aromatic rings. The van der Waals surface area contributed by atoms with E-state index in [1.807, 2.05) is 13.1 Å². The number of hydrogen-bond acceptors (Lipinski definition) is 4. The molecule has 0 radical (unpaired) electrons. The highest BCUT2D eigenvalue weighted by molar-refractivity contribution is 7.11. The molecule has 0 aliphatic heterocycles. The summed E-state index contributed by atoms with van der Waals surface area (Å²) in [5.41, 5.74) is 0. The second-order valence-electron chi connectivity index (χ2n) is 3.78. The zero-order valence-electron chi connectivity index (χ0n) is 8.95. The van der Waals surface area contributed by atoms with E-state index >= 15 is 0 Å². The number of aliphatic hydroxyl groups excluding tert-OH is 1. The van der Waals surface area contributed by atoms with Crippen LogP contribution in [0.1, 0.15) is 36.6 Å². The molecule has 1 atom stereocenters. The summed E-state index contributed by atoms with van der Waals surface area (Å²) in [4.78, 5) is 5.64. The third kappa shape index (κ3) is 3.36. The molecule has 2 N–H and O–H groups in total. The molecule has 0 saturated carbocycles. The maximum atomic E-state index is 8.83. The number of nitrogens with zero attached hydrogens (tertiary/aromatic N) is 1. The summed E-state index contributed by atoms with van der Waals surface area (Å²) in [5.74, 6) is 0.552. The first-order chi connectivity index (χ1) is 6.63. The van der Waals surface area contributed by atoms with Crippen LogP contribution in [0.15, 0.2) is 6.20 Å². The fraction of sp³-hybridized carbons (Fsp3) is 0.700. The van der Waals surface area contributed by atoms with Gasteiger partial charge in [-0.25, -0.2) is 4.98 Å². The van der Waals surface area contributed by atoms with Gasteiger partial charge in [0.25, 0.3) is 0 Å². The van der Waals surface area contributed by atoms with Crippen LogP contribution in [0.5, 0.6) is 0 Å². The van der Waals surface area contributed by atoms with Gasteiger partial charge in [0, 0.05) is 23.7 Å². The minimum absolute atomic E-state index is 0.140. The summed E-state index contributed by atoms with van der Waals surface area (Å²) in [6.07, 6.45) is 1.94. The van der Waals surface area contributed by atoms with Gasteiger partial charge in [-0.15, -0.1) is 11.3 Å². The standard InChI is InChI=1S/C10H18N2OS/c1-7(2)9-4-12-10(14-9)5-11-8(3)6-13/h4,7-8,11,13H,5-6H2,1-3H3/t8-/m0/s1. The first-order valence-electron chi connectivity index (χ1n) is 4.92. The number of aromatic nitrogens is 1. The van der Waals surface area contributed by atoms with Crippen molar-refractivity contribution in [3.05, 3.63) is 16.1 Å². The molecule has 1 aromatic heterocycles. The predicted octanol–water partition coefficient (Wildman–Crippen LogP) is 1.74. The largest absolute Gasteiger partial charge is 0.395 e. The lowest BCUT2D eigenvalue weighted by Gasteiger charge is -2.07. The van der Waals surface area contributed by atoms with Crippen LogP contribution in [0, 0.1) is 0 Å². The van der Waals surface area contributed by atoms with Crippen LogP contribution in [0.4, 0.5) is 0 Å². The lowest BCUT2D eigenvalue weighted by atomic mass is 10.2. The summed E-state index contributed by atoms with van der Waals surface area (Å²) >= 11 is 1.74. The van der Waals surface area contributed by atoms with E-state index in [9.17, 15) is 0 Å². The van der Waals surface area contributed by atoms with E-state index in [4.69, 9.17) is 5.11 Å². The first-order valence-corrected chi connectivity index (χ1v) is 5.74. The van der Waals surface area contributed by atoms with Crippen molar-refractivity contribution in [3.63, 3.8) is 0 Å². The molecule has 3 nitrogen and oxygen atoms in total. The topological polar surface area (TPSA) is 45.2 Å². The van der Waals surface area contributed by atoms with Crippen LogP contribution in [0.2, 0.25) is 0 Å². The Bertz CT molecular complexity index is 273. The van der Waals surface area contributed by atoms with Crippen molar-refractivity contribution in [3.8, 4) is 0 Å². The predicted molar refractivity (Wildman–Crippen MR) is 59.6 cm³/mol. The number of aliphatic hydroxyl groups is 1. The van der Waals surface area contributed by atoms with Crippen LogP contribution in [0.25, 0.3) is 0 Å². The van der Waals surface area contributed by atoms with E-state index in [-0.39, 0.29) is 12.6 Å². The van der Waals surface area contributed by atoms with E-state index in [2.05, 4.69) is 24.1 Å². The van der Waals surface area contributed by atoms with E-state index in [0.29, 0.717) is 5.92 Å². The number of rotatable bonds is 5. The molecule has 0 aliphatic carbocycles. The van der Waals surface area contributed by atoms with Gasteiger partial charge < -0.3 is 10.4 Å². The SMILES string of the molecule is CC(C)c1cnc(CN[C@@H](C)CO)s1. The van der Waals surface area contributed by atoms with Crippen LogP contribution < -0.4 is 5.32 Å². The molecule has 0 aromatic carbocycles. The molecular formula is C10H18N2OS. The zero-order valence-corrected chi connectivity index (χ0v) is 9.77. The van der Waals surface area contributed by atoms with Gasteiger partial charge in [-0.3, -0.25) is 0 Å². The number of hydrogen-bond donors (Lipinski definition) is 2. The Balaban J connectivity index is 2.44. The first kappa shape index (κ1) is 11.6. The van der Waals surface area contributed by atoms with Crippen molar-refractivity contribution in [1.29, 1.82) is 0 Å². The summed E-state index contributed by atoms with van der Waals surface area (Å²) in [6, 6.07) is 0.140. The lowest BCUT2D eigenvalue weighted by Crippen LogP contribution is -2.28. The Morgan fingerprint density at radius 2 is 2.21 bits per heavy atom. The van der Waals surface area contributed by atoms with Gasteiger partial charge in [0.05, 0.1) is 6.61 Å². The lowest BCUT2D eigenvalue weighted by molar-refractivity contribution is 0.251. The smallest absolute Gasteiger partial charge is 0.107 e. The summed E-state index contributed by atoms with van der Waals surface area (Å²) < 4.78 is 0. The highest BCUT2D eigenvalue weighted by Crippen LogP contribution is 2.21. The Morgan fingerprint density at radius 3 is 2.71 bits per heavy atom. The fourth-order valence-corrected chi connectivity index (χ4v) is 1.87. The van der Waals surface area contributed by atoms with Crippen molar-refractivity contribution < 1.29 is 5.11 Å². The molecular weight excluding hydrogens is 196 g/mol. The summed E-state index contributed by atoms with van der Waals surface area (Å²) in [6.45, 7) is 7.21. The molecule has 0 bridgehead atoms. The van der Waals surface area contributed by atoms with Crippen molar-refractivity contribution in [1.82, 2.24) is 10.3 Å². The Kier molecular flexibility index (Phi) is 4.51. The number of thiazole rings is 1. The van der Waals surface area contributed by atoms with Gasteiger partial charge in [-0.2, -0.15) is 0 Å². The molecule has 0 amide bonds. The third-order valence-corrected chi connectivity index (χ3v) is 3.31. The molecule has 1 rings (SSSR count). The van der Waals surface area contributed by atoms with Gasteiger partial charge in [0.15, 0.2) is 0 Å². The van der Waals surface area contributed by atoms with E-state index in [1.54, 1.807) is 11.3 Å². The normalized spacial score (nSPS) is 13.5. The molecule has 1 heterocycles. The van der Waals surface area contributed by atoms with Crippen LogP contribution >= 0.6 is 11.3 Å². The second kappa shape index (κ2) is 5.44.